The SMILES string of the molecule is CCCCCCCOc1cccc(C2=CC=CCC2(F)c2cccc(F)c2F)c1. The summed E-state index contributed by atoms with van der Waals surface area (Å²) < 4.78 is 50.1. The number of allylic oxidation sites excluding steroid dienone is 4. The van der Waals surface area contributed by atoms with Gasteiger partial charge in [0.25, 0.3) is 0 Å². The highest BCUT2D eigenvalue weighted by molar-refractivity contribution is 5.77. The van der Waals surface area contributed by atoms with Gasteiger partial charge in [-0.2, -0.15) is 0 Å². The van der Waals surface area contributed by atoms with E-state index in [1.165, 1.54) is 31.4 Å². The third-order valence-electron chi connectivity index (χ3n) is 5.27. The summed E-state index contributed by atoms with van der Waals surface area (Å²) in [5.74, 6) is -1.54. The van der Waals surface area contributed by atoms with Crippen molar-refractivity contribution in [2.45, 2.75) is 51.1 Å². The average Bonchev–Trinajstić information content (AvgIpc) is 2.73. The summed E-state index contributed by atoms with van der Waals surface area (Å²) in [6.45, 7) is 2.78. The summed E-state index contributed by atoms with van der Waals surface area (Å²) in [5, 5.41) is 0. The molecule has 1 aliphatic rings. The maximum atomic E-state index is 16.1. The zero-order valence-electron chi connectivity index (χ0n) is 16.8. The highest BCUT2D eigenvalue weighted by Crippen LogP contribution is 2.46. The van der Waals surface area contributed by atoms with Crippen molar-refractivity contribution in [1.29, 1.82) is 0 Å². The predicted molar refractivity (Wildman–Crippen MR) is 112 cm³/mol. The van der Waals surface area contributed by atoms with Gasteiger partial charge in [-0.15, -0.1) is 0 Å². The second-order valence-electron chi connectivity index (χ2n) is 7.41. The van der Waals surface area contributed by atoms with Gasteiger partial charge in [-0.1, -0.05) is 75.1 Å². The molecule has 154 valence electrons. The first kappa shape index (κ1) is 21.2. The summed E-state index contributed by atoms with van der Waals surface area (Å²) in [4.78, 5) is 0. The van der Waals surface area contributed by atoms with Crippen molar-refractivity contribution in [3.8, 4) is 5.75 Å². The molecule has 1 aliphatic carbocycles. The minimum Gasteiger partial charge on any atom is -0.494 e. The van der Waals surface area contributed by atoms with E-state index in [0.717, 1.165) is 18.9 Å². The summed E-state index contributed by atoms with van der Waals surface area (Å²) >= 11 is 0. The first-order valence-electron chi connectivity index (χ1n) is 10.3. The van der Waals surface area contributed by atoms with Crippen molar-refractivity contribution in [2.24, 2.45) is 0 Å². The van der Waals surface area contributed by atoms with Crippen LogP contribution in [0.15, 0.2) is 60.7 Å². The average molecular weight is 400 g/mol. The fourth-order valence-electron chi connectivity index (χ4n) is 3.68. The van der Waals surface area contributed by atoms with Crippen molar-refractivity contribution < 1.29 is 17.9 Å². The maximum Gasteiger partial charge on any atom is 0.167 e. The van der Waals surface area contributed by atoms with Gasteiger partial charge in [0, 0.05) is 17.6 Å². The Morgan fingerprint density at radius 2 is 1.79 bits per heavy atom. The highest BCUT2D eigenvalue weighted by Gasteiger charge is 2.40. The molecule has 2 aromatic carbocycles. The molecule has 0 aliphatic heterocycles. The van der Waals surface area contributed by atoms with Crippen LogP contribution in [0.4, 0.5) is 13.2 Å². The van der Waals surface area contributed by atoms with E-state index in [1.807, 2.05) is 6.07 Å². The molecule has 0 bridgehead atoms. The summed E-state index contributed by atoms with van der Waals surface area (Å²) in [7, 11) is 0. The smallest absolute Gasteiger partial charge is 0.167 e. The van der Waals surface area contributed by atoms with E-state index >= 15 is 4.39 Å². The zero-order valence-corrected chi connectivity index (χ0v) is 16.8. The number of rotatable bonds is 9. The Hall–Kier alpha value is -2.49. The van der Waals surface area contributed by atoms with E-state index in [4.69, 9.17) is 4.74 Å². The third kappa shape index (κ3) is 4.92. The molecule has 0 aromatic heterocycles. The van der Waals surface area contributed by atoms with Crippen molar-refractivity contribution in [2.75, 3.05) is 6.61 Å². The van der Waals surface area contributed by atoms with Gasteiger partial charge in [-0.05, 0) is 30.2 Å². The normalized spacial score (nSPS) is 18.6. The lowest BCUT2D eigenvalue weighted by atomic mass is 9.78. The van der Waals surface area contributed by atoms with Gasteiger partial charge in [-0.25, -0.2) is 13.2 Å². The second kappa shape index (κ2) is 9.82. The standard InChI is InChI=1S/C25H27F3O/c1-2-3-4-5-8-17-29-20-12-9-11-19(18-20)21-13-6-7-16-25(21,28)22-14-10-15-23(26)24(22)27/h6-7,9-15,18H,2-5,8,16-17H2,1H3. The number of alkyl halides is 1. The third-order valence-corrected chi connectivity index (χ3v) is 5.27. The van der Waals surface area contributed by atoms with Gasteiger partial charge in [0.2, 0.25) is 0 Å². The van der Waals surface area contributed by atoms with Crippen molar-refractivity contribution in [3.05, 3.63) is 83.5 Å². The monoisotopic (exact) mass is 400 g/mol. The van der Waals surface area contributed by atoms with Crippen LogP contribution < -0.4 is 4.74 Å². The van der Waals surface area contributed by atoms with Crippen LogP contribution in [0, 0.1) is 11.6 Å². The van der Waals surface area contributed by atoms with Crippen molar-refractivity contribution >= 4 is 5.57 Å². The maximum absolute atomic E-state index is 16.1. The Labute approximate surface area is 170 Å². The van der Waals surface area contributed by atoms with Gasteiger partial charge in [0.05, 0.1) is 6.61 Å². The van der Waals surface area contributed by atoms with E-state index in [2.05, 4.69) is 6.92 Å². The molecule has 0 fully saturated rings. The lowest BCUT2D eigenvalue weighted by Crippen LogP contribution is -2.25. The van der Waals surface area contributed by atoms with Crippen LogP contribution in [0.5, 0.6) is 5.75 Å². The van der Waals surface area contributed by atoms with Crippen molar-refractivity contribution in [3.63, 3.8) is 0 Å². The Bertz CT molecular complexity index is 887. The summed E-state index contributed by atoms with van der Waals surface area (Å²) in [6, 6.07) is 10.8. The van der Waals surface area contributed by atoms with Crippen LogP contribution in [0.2, 0.25) is 0 Å². The van der Waals surface area contributed by atoms with E-state index in [0.29, 0.717) is 23.5 Å². The van der Waals surface area contributed by atoms with Crippen LogP contribution in [-0.4, -0.2) is 6.61 Å². The minimum absolute atomic E-state index is 0.0538. The molecule has 1 nitrogen and oxygen atoms in total. The van der Waals surface area contributed by atoms with Gasteiger partial charge in [-0.3, -0.25) is 0 Å². The molecule has 0 spiro atoms. The summed E-state index contributed by atoms with van der Waals surface area (Å²) in [5.41, 5.74) is -1.52. The topological polar surface area (TPSA) is 9.23 Å². The minimum atomic E-state index is -2.14. The molecule has 0 saturated heterocycles. The number of hydrogen-bond donors (Lipinski definition) is 0. The Morgan fingerprint density at radius 3 is 2.62 bits per heavy atom. The Balaban J connectivity index is 1.80. The molecule has 2 aromatic rings. The molecule has 0 saturated carbocycles. The van der Waals surface area contributed by atoms with Gasteiger partial charge < -0.3 is 4.74 Å². The Morgan fingerprint density at radius 1 is 1.00 bits per heavy atom. The van der Waals surface area contributed by atoms with Crippen LogP contribution in [0.25, 0.3) is 5.57 Å². The number of hydrogen-bond acceptors (Lipinski definition) is 1. The molecule has 29 heavy (non-hydrogen) atoms. The quantitative estimate of drug-likeness (QED) is 0.396. The van der Waals surface area contributed by atoms with E-state index in [-0.39, 0.29) is 12.0 Å². The molecular weight excluding hydrogens is 373 g/mol. The van der Waals surface area contributed by atoms with Crippen LogP contribution >= 0.6 is 0 Å². The lowest BCUT2D eigenvalue weighted by Gasteiger charge is -2.30. The summed E-state index contributed by atoms with van der Waals surface area (Å²) in [6.07, 6.45) is 10.7. The van der Waals surface area contributed by atoms with E-state index in [1.54, 1.807) is 36.4 Å². The second-order valence-corrected chi connectivity index (χ2v) is 7.41. The number of benzene rings is 2. The largest absolute Gasteiger partial charge is 0.494 e. The molecule has 4 heteroatoms. The number of unbranched alkanes of at least 4 members (excludes halogenated alkanes) is 4. The van der Waals surface area contributed by atoms with Gasteiger partial charge in [0.1, 0.15) is 5.75 Å². The fraction of sp³-hybridized carbons (Fsp3) is 0.360. The predicted octanol–water partition coefficient (Wildman–Crippen LogP) is 7.52. The Kier molecular flexibility index (Phi) is 7.18. The van der Waals surface area contributed by atoms with Crippen LogP contribution in [-0.2, 0) is 5.67 Å². The van der Waals surface area contributed by atoms with E-state index in [9.17, 15) is 8.78 Å². The number of halogens is 3. The highest BCUT2D eigenvalue weighted by atomic mass is 19.2. The number of ether oxygens (including phenoxy) is 1. The van der Waals surface area contributed by atoms with Gasteiger partial charge in [0.15, 0.2) is 17.3 Å². The lowest BCUT2D eigenvalue weighted by molar-refractivity contribution is 0.238. The molecule has 0 heterocycles. The fourth-order valence-corrected chi connectivity index (χ4v) is 3.68. The molecule has 3 rings (SSSR count). The molecule has 0 N–H and O–H groups in total. The van der Waals surface area contributed by atoms with Crippen LogP contribution in [0.1, 0.15) is 56.6 Å². The van der Waals surface area contributed by atoms with Crippen LogP contribution in [0.3, 0.4) is 0 Å². The van der Waals surface area contributed by atoms with Gasteiger partial charge >= 0.3 is 0 Å². The van der Waals surface area contributed by atoms with E-state index < -0.39 is 17.3 Å². The first-order valence-corrected chi connectivity index (χ1v) is 10.3. The van der Waals surface area contributed by atoms with Crippen molar-refractivity contribution in [1.82, 2.24) is 0 Å². The molecular formula is C25H27F3O. The zero-order chi connectivity index (χ0) is 20.7. The first-order chi connectivity index (χ1) is 14.1. The molecule has 0 radical (unpaired) electrons. The molecule has 1 atom stereocenters. The molecule has 0 amide bonds. The molecule has 1 unspecified atom stereocenters.